The number of aromatic nitrogens is 2. The summed E-state index contributed by atoms with van der Waals surface area (Å²) in [5, 5.41) is 2.77. The van der Waals surface area contributed by atoms with Crippen molar-refractivity contribution in [2.75, 3.05) is 5.32 Å². The molecule has 0 saturated heterocycles. The summed E-state index contributed by atoms with van der Waals surface area (Å²) < 4.78 is 29.8. The first-order valence-electron chi connectivity index (χ1n) is 6.19. The van der Waals surface area contributed by atoms with Crippen LogP contribution in [-0.2, 0) is 7.05 Å². The third-order valence-corrected chi connectivity index (χ3v) is 3.23. The van der Waals surface area contributed by atoms with Gasteiger partial charge in [0.05, 0.1) is 23.2 Å². The average molecular weight is 273 g/mol. The van der Waals surface area contributed by atoms with Gasteiger partial charge in [-0.15, -0.1) is 0 Å². The van der Waals surface area contributed by atoms with Crippen LogP contribution >= 0.6 is 0 Å². The molecule has 102 valence electrons. The zero-order chi connectivity index (χ0) is 14.3. The summed E-state index contributed by atoms with van der Waals surface area (Å²) in [6.07, 6.45) is 1.55. The van der Waals surface area contributed by atoms with Gasteiger partial charge >= 0.3 is 0 Å². The molecule has 0 fully saturated rings. The number of nitrogens with one attached hydrogen (secondary N) is 1. The molecule has 20 heavy (non-hydrogen) atoms. The summed E-state index contributed by atoms with van der Waals surface area (Å²) in [5.74, 6) is -0.895. The number of fused-ring (bicyclic) bond motifs is 1. The van der Waals surface area contributed by atoms with Crippen molar-refractivity contribution in [3.63, 3.8) is 0 Å². The predicted octanol–water partition coefficient (Wildman–Crippen LogP) is 3.90. The van der Waals surface area contributed by atoms with E-state index in [2.05, 4.69) is 10.3 Å². The van der Waals surface area contributed by atoms with Crippen LogP contribution in [0.3, 0.4) is 0 Å². The zero-order valence-corrected chi connectivity index (χ0v) is 11.1. The lowest BCUT2D eigenvalue weighted by Crippen LogP contribution is -1.98. The predicted molar refractivity (Wildman–Crippen MR) is 75.1 cm³/mol. The average Bonchev–Trinajstić information content (AvgIpc) is 2.78. The van der Waals surface area contributed by atoms with E-state index in [1.54, 1.807) is 49.1 Å². The lowest BCUT2D eigenvalue weighted by molar-refractivity contribution is 0.628. The number of rotatable bonds is 2. The van der Waals surface area contributed by atoms with E-state index in [1.165, 1.54) is 6.07 Å². The van der Waals surface area contributed by atoms with Crippen molar-refractivity contribution in [2.24, 2.45) is 7.05 Å². The fourth-order valence-electron chi connectivity index (χ4n) is 2.13. The van der Waals surface area contributed by atoms with Crippen LogP contribution in [0.25, 0.3) is 11.0 Å². The molecule has 0 aliphatic carbocycles. The topological polar surface area (TPSA) is 29.9 Å². The number of hydrogen-bond donors (Lipinski definition) is 1. The van der Waals surface area contributed by atoms with Gasteiger partial charge in [-0.2, -0.15) is 0 Å². The monoisotopic (exact) mass is 273 g/mol. The number of imidazole rings is 1. The highest BCUT2D eigenvalue weighted by atomic mass is 19.1. The smallest absolute Gasteiger partial charge is 0.174 e. The molecule has 0 atom stereocenters. The van der Waals surface area contributed by atoms with Crippen LogP contribution in [0.1, 0.15) is 5.56 Å². The van der Waals surface area contributed by atoms with E-state index in [9.17, 15) is 8.78 Å². The Morgan fingerprint density at radius 3 is 2.60 bits per heavy atom. The van der Waals surface area contributed by atoms with E-state index in [1.807, 2.05) is 0 Å². The van der Waals surface area contributed by atoms with Gasteiger partial charge in [-0.25, -0.2) is 13.8 Å². The van der Waals surface area contributed by atoms with Gasteiger partial charge in [-0.1, -0.05) is 6.07 Å². The van der Waals surface area contributed by atoms with Gasteiger partial charge in [-0.05, 0) is 36.8 Å². The second kappa shape index (κ2) is 4.59. The minimum absolute atomic E-state index is 0.207. The van der Waals surface area contributed by atoms with E-state index >= 15 is 0 Å². The van der Waals surface area contributed by atoms with Crippen molar-refractivity contribution in [3.8, 4) is 0 Å². The number of aryl methyl sites for hydroxylation is 2. The molecule has 0 amide bonds. The molecule has 0 spiro atoms. The van der Waals surface area contributed by atoms with Crippen molar-refractivity contribution in [3.05, 3.63) is 53.9 Å². The normalized spacial score (nSPS) is 11.0. The summed E-state index contributed by atoms with van der Waals surface area (Å²) in [6.45, 7) is 1.80. The molecule has 3 rings (SSSR count). The minimum Gasteiger partial charge on any atom is -0.351 e. The van der Waals surface area contributed by atoms with Crippen LogP contribution in [-0.4, -0.2) is 9.55 Å². The van der Waals surface area contributed by atoms with E-state index in [0.717, 1.165) is 5.56 Å². The van der Waals surface area contributed by atoms with Crippen molar-refractivity contribution in [2.45, 2.75) is 6.92 Å². The molecule has 1 N–H and O–H groups in total. The maximum atomic E-state index is 14.3. The Balaban J connectivity index is 2.04. The third-order valence-electron chi connectivity index (χ3n) is 3.23. The molecule has 0 unspecified atom stereocenters. The summed E-state index contributed by atoms with van der Waals surface area (Å²) >= 11 is 0. The van der Waals surface area contributed by atoms with Gasteiger partial charge in [-0.3, -0.25) is 0 Å². The van der Waals surface area contributed by atoms with Gasteiger partial charge in [0.2, 0.25) is 0 Å². The Kier molecular flexibility index (Phi) is 2.89. The molecule has 1 heterocycles. The summed E-state index contributed by atoms with van der Waals surface area (Å²) in [4.78, 5) is 4.01. The number of halogens is 2. The van der Waals surface area contributed by atoms with Gasteiger partial charge < -0.3 is 9.88 Å². The van der Waals surface area contributed by atoms with Crippen LogP contribution < -0.4 is 5.32 Å². The zero-order valence-electron chi connectivity index (χ0n) is 11.1. The lowest BCUT2D eigenvalue weighted by atomic mass is 10.2. The Bertz CT molecular complexity index is 793. The van der Waals surface area contributed by atoms with Crippen molar-refractivity contribution in [1.82, 2.24) is 9.55 Å². The highest BCUT2D eigenvalue weighted by Gasteiger charge is 2.12. The molecule has 1 aromatic heterocycles. The molecule has 0 aliphatic heterocycles. The molecule has 0 aliphatic rings. The standard InChI is InChI=1S/C15H13F2N3/c1-9-3-4-11(10(16)7-9)19-12-5-6-13-15(14(12)17)18-8-20(13)2/h3-8,19H,1-2H3. The molecular weight excluding hydrogens is 260 g/mol. The second-order valence-corrected chi connectivity index (χ2v) is 4.76. The van der Waals surface area contributed by atoms with E-state index < -0.39 is 11.6 Å². The largest absolute Gasteiger partial charge is 0.351 e. The molecular formula is C15H13F2N3. The molecule has 0 bridgehead atoms. The summed E-state index contributed by atoms with van der Waals surface area (Å²) in [6, 6.07) is 8.09. The van der Waals surface area contributed by atoms with Gasteiger partial charge in [0.25, 0.3) is 0 Å². The molecule has 2 aromatic carbocycles. The van der Waals surface area contributed by atoms with Crippen LogP contribution in [0.4, 0.5) is 20.2 Å². The fraction of sp³-hybridized carbons (Fsp3) is 0.133. The lowest BCUT2D eigenvalue weighted by Gasteiger charge is -2.09. The minimum atomic E-state index is -0.483. The van der Waals surface area contributed by atoms with Crippen molar-refractivity contribution in [1.29, 1.82) is 0 Å². The number of benzene rings is 2. The molecule has 3 aromatic rings. The first-order valence-corrected chi connectivity index (χ1v) is 6.19. The van der Waals surface area contributed by atoms with Crippen molar-refractivity contribution < 1.29 is 8.78 Å². The molecule has 5 heteroatoms. The Morgan fingerprint density at radius 2 is 1.85 bits per heavy atom. The van der Waals surface area contributed by atoms with Crippen LogP contribution in [0.15, 0.2) is 36.7 Å². The van der Waals surface area contributed by atoms with Crippen molar-refractivity contribution >= 4 is 22.4 Å². The Hall–Kier alpha value is -2.43. The Labute approximate surface area is 114 Å². The molecule has 0 radical (unpaired) electrons. The molecule has 0 saturated carbocycles. The third kappa shape index (κ3) is 2.01. The van der Waals surface area contributed by atoms with Gasteiger partial charge in [0, 0.05) is 7.05 Å². The summed E-state index contributed by atoms with van der Waals surface area (Å²) in [7, 11) is 1.79. The van der Waals surface area contributed by atoms with Crippen LogP contribution in [0.2, 0.25) is 0 Å². The summed E-state index contributed by atoms with van der Waals surface area (Å²) in [5.41, 5.74) is 2.22. The van der Waals surface area contributed by atoms with Gasteiger partial charge in [0.15, 0.2) is 5.82 Å². The maximum absolute atomic E-state index is 14.3. The number of nitrogens with zero attached hydrogens (tertiary/aromatic N) is 2. The van der Waals surface area contributed by atoms with E-state index in [-0.39, 0.29) is 16.9 Å². The van der Waals surface area contributed by atoms with Gasteiger partial charge in [0.1, 0.15) is 11.3 Å². The Morgan fingerprint density at radius 1 is 1.10 bits per heavy atom. The number of hydrogen-bond acceptors (Lipinski definition) is 2. The maximum Gasteiger partial charge on any atom is 0.174 e. The number of anilines is 2. The first-order chi connectivity index (χ1) is 9.56. The fourth-order valence-corrected chi connectivity index (χ4v) is 2.13. The highest BCUT2D eigenvalue weighted by molar-refractivity contribution is 5.82. The quantitative estimate of drug-likeness (QED) is 0.767. The highest BCUT2D eigenvalue weighted by Crippen LogP contribution is 2.27. The van der Waals surface area contributed by atoms with Crippen LogP contribution in [0, 0.1) is 18.6 Å². The van der Waals surface area contributed by atoms with E-state index in [4.69, 9.17) is 0 Å². The first kappa shape index (κ1) is 12.6. The SMILES string of the molecule is Cc1ccc(Nc2ccc3c(ncn3C)c2F)c(F)c1. The molecule has 3 nitrogen and oxygen atoms in total. The van der Waals surface area contributed by atoms with E-state index in [0.29, 0.717) is 5.52 Å². The van der Waals surface area contributed by atoms with Crippen LogP contribution in [0.5, 0.6) is 0 Å². The second-order valence-electron chi connectivity index (χ2n) is 4.76.